The average molecular weight is 295 g/mol. The first-order valence-electron chi connectivity index (χ1n) is 7.22. The molecule has 0 heterocycles. The lowest BCUT2D eigenvalue weighted by Gasteiger charge is -2.31. The molecule has 0 spiro atoms. The van der Waals surface area contributed by atoms with E-state index in [0.717, 1.165) is 12.8 Å². The van der Waals surface area contributed by atoms with Gasteiger partial charge in [-0.1, -0.05) is 12.1 Å². The summed E-state index contributed by atoms with van der Waals surface area (Å²) in [6, 6.07) is 6.61. The third-order valence-electron chi connectivity index (χ3n) is 3.60. The topological polar surface area (TPSA) is 47.6 Å². The maximum atomic E-state index is 13.6. The number of para-hydroxylation sites is 1. The number of carbonyl (C=O) groups excluding carboxylic acids is 1. The minimum Gasteiger partial charge on any atom is -0.488 e. The van der Waals surface area contributed by atoms with Crippen LogP contribution in [-0.2, 0) is 9.53 Å². The van der Waals surface area contributed by atoms with E-state index in [1.807, 2.05) is 6.92 Å². The molecule has 21 heavy (non-hydrogen) atoms. The minimum absolute atomic E-state index is 0.198. The van der Waals surface area contributed by atoms with Crippen LogP contribution in [0.25, 0.3) is 0 Å². The summed E-state index contributed by atoms with van der Waals surface area (Å²) in [7, 11) is 1.37. The Morgan fingerprint density at radius 2 is 2.14 bits per heavy atom. The molecule has 116 valence electrons. The van der Waals surface area contributed by atoms with Crippen molar-refractivity contribution in [3.63, 3.8) is 0 Å². The Bertz CT molecular complexity index is 504. The highest BCUT2D eigenvalue weighted by Crippen LogP contribution is 2.27. The van der Waals surface area contributed by atoms with Crippen molar-refractivity contribution in [3.05, 3.63) is 30.1 Å². The lowest BCUT2D eigenvalue weighted by Crippen LogP contribution is -2.53. The Balaban J connectivity index is 2.02. The van der Waals surface area contributed by atoms with Crippen LogP contribution in [0.1, 0.15) is 33.1 Å². The third-order valence-corrected chi connectivity index (χ3v) is 3.60. The van der Waals surface area contributed by atoms with Crippen LogP contribution in [0.15, 0.2) is 24.3 Å². The molecule has 0 saturated heterocycles. The molecular formula is C16H22FNO3. The van der Waals surface area contributed by atoms with Gasteiger partial charge in [0.05, 0.1) is 13.2 Å². The molecule has 1 aliphatic rings. The fourth-order valence-electron chi connectivity index (χ4n) is 2.48. The lowest BCUT2D eigenvalue weighted by molar-refractivity contribution is -0.149. The fourth-order valence-corrected chi connectivity index (χ4v) is 2.48. The van der Waals surface area contributed by atoms with Crippen molar-refractivity contribution in [2.24, 2.45) is 0 Å². The van der Waals surface area contributed by atoms with Gasteiger partial charge < -0.3 is 9.47 Å². The van der Waals surface area contributed by atoms with E-state index in [2.05, 4.69) is 5.32 Å². The van der Waals surface area contributed by atoms with Gasteiger partial charge in [0.15, 0.2) is 11.6 Å². The zero-order valence-electron chi connectivity index (χ0n) is 12.7. The van der Waals surface area contributed by atoms with Gasteiger partial charge in [0.1, 0.15) is 5.54 Å². The van der Waals surface area contributed by atoms with E-state index < -0.39 is 11.4 Å². The molecule has 1 aromatic carbocycles. The number of hydrogen-bond donors (Lipinski definition) is 1. The maximum absolute atomic E-state index is 13.6. The molecule has 2 rings (SSSR count). The predicted octanol–water partition coefficient (Wildman–Crippen LogP) is 2.67. The van der Waals surface area contributed by atoms with Crippen LogP contribution in [0, 0.1) is 5.82 Å². The summed E-state index contributed by atoms with van der Waals surface area (Å²) in [6.07, 6.45) is 2.21. The second-order valence-corrected chi connectivity index (χ2v) is 5.81. The normalized spacial score (nSPS) is 18.7. The number of ether oxygens (including phenoxy) is 2. The number of halogens is 1. The van der Waals surface area contributed by atoms with Crippen molar-refractivity contribution in [1.82, 2.24) is 5.32 Å². The van der Waals surface area contributed by atoms with Crippen molar-refractivity contribution in [3.8, 4) is 5.75 Å². The van der Waals surface area contributed by atoms with Crippen molar-refractivity contribution in [2.45, 2.75) is 50.8 Å². The molecule has 0 bridgehead atoms. The van der Waals surface area contributed by atoms with Crippen LogP contribution < -0.4 is 10.1 Å². The number of benzene rings is 1. The zero-order chi connectivity index (χ0) is 15.5. The number of rotatable bonds is 7. The largest absolute Gasteiger partial charge is 0.488 e. The number of esters is 1. The molecule has 1 fully saturated rings. The second kappa shape index (κ2) is 6.43. The quantitative estimate of drug-likeness (QED) is 0.786. The molecule has 2 unspecified atom stereocenters. The Morgan fingerprint density at radius 1 is 1.48 bits per heavy atom. The summed E-state index contributed by atoms with van der Waals surface area (Å²) < 4.78 is 24.1. The first-order chi connectivity index (χ1) is 9.94. The lowest BCUT2D eigenvalue weighted by atomic mass is 9.94. The van der Waals surface area contributed by atoms with Gasteiger partial charge >= 0.3 is 5.97 Å². The Morgan fingerprint density at radius 3 is 2.71 bits per heavy atom. The first kappa shape index (κ1) is 15.8. The van der Waals surface area contributed by atoms with Gasteiger partial charge in [-0.3, -0.25) is 10.1 Å². The molecule has 0 radical (unpaired) electrons. The molecule has 1 saturated carbocycles. The van der Waals surface area contributed by atoms with Gasteiger partial charge in [-0.15, -0.1) is 0 Å². The Labute approximate surface area is 124 Å². The van der Waals surface area contributed by atoms with Gasteiger partial charge in [0.2, 0.25) is 0 Å². The monoisotopic (exact) mass is 295 g/mol. The standard InChI is InChI=1S/C16H22FNO3/c1-11(21-14-7-5-4-6-13(14)17)10-16(2,15(19)20-3)18-12-8-9-12/h4-7,11-12,18H,8-10H2,1-3H3. The van der Waals surface area contributed by atoms with Crippen molar-refractivity contribution in [1.29, 1.82) is 0 Å². The third kappa shape index (κ3) is 4.17. The van der Waals surface area contributed by atoms with Crippen molar-refractivity contribution >= 4 is 5.97 Å². The van der Waals surface area contributed by atoms with Gasteiger partial charge in [-0.2, -0.15) is 0 Å². The van der Waals surface area contributed by atoms with Gasteiger partial charge in [-0.05, 0) is 38.8 Å². The molecular weight excluding hydrogens is 273 g/mol. The number of hydrogen-bond acceptors (Lipinski definition) is 4. The number of methoxy groups -OCH3 is 1. The zero-order valence-corrected chi connectivity index (χ0v) is 12.7. The maximum Gasteiger partial charge on any atom is 0.325 e. The SMILES string of the molecule is COC(=O)C(C)(CC(C)Oc1ccccc1F)NC1CC1. The predicted molar refractivity (Wildman–Crippen MR) is 77.7 cm³/mol. The first-order valence-corrected chi connectivity index (χ1v) is 7.22. The molecule has 1 aliphatic carbocycles. The van der Waals surface area contributed by atoms with Crippen LogP contribution in [0.5, 0.6) is 5.75 Å². The van der Waals surface area contributed by atoms with Crippen LogP contribution in [0.2, 0.25) is 0 Å². The van der Waals surface area contributed by atoms with Crippen molar-refractivity contribution in [2.75, 3.05) is 7.11 Å². The molecule has 5 heteroatoms. The molecule has 0 aromatic heterocycles. The molecule has 1 aromatic rings. The summed E-state index contributed by atoms with van der Waals surface area (Å²) in [5, 5.41) is 3.30. The van der Waals surface area contributed by atoms with E-state index in [0.29, 0.717) is 12.5 Å². The molecule has 0 amide bonds. The summed E-state index contributed by atoms with van der Waals surface area (Å²) in [5.74, 6) is -0.527. The summed E-state index contributed by atoms with van der Waals surface area (Å²) >= 11 is 0. The van der Waals surface area contributed by atoms with Crippen LogP contribution in [-0.4, -0.2) is 30.8 Å². The van der Waals surface area contributed by atoms with Gasteiger partial charge in [-0.25, -0.2) is 4.39 Å². The fraction of sp³-hybridized carbons (Fsp3) is 0.562. The van der Waals surface area contributed by atoms with E-state index in [1.54, 1.807) is 25.1 Å². The summed E-state index contributed by atoms with van der Waals surface area (Å²) in [6.45, 7) is 3.63. The van der Waals surface area contributed by atoms with Gasteiger partial charge in [0.25, 0.3) is 0 Å². The van der Waals surface area contributed by atoms with E-state index in [-0.39, 0.29) is 17.8 Å². The highest BCUT2D eigenvalue weighted by Gasteiger charge is 2.40. The van der Waals surface area contributed by atoms with Crippen LogP contribution in [0.4, 0.5) is 4.39 Å². The van der Waals surface area contributed by atoms with E-state index >= 15 is 0 Å². The summed E-state index contributed by atoms with van der Waals surface area (Å²) in [5.41, 5.74) is -0.819. The Hall–Kier alpha value is -1.62. The average Bonchev–Trinajstić information content (AvgIpc) is 3.24. The molecule has 1 N–H and O–H groups in total. The molecule has 0 aliphatic heterocycles. The molecule has 4 nitrogen and oxygen atoms in total. The Kier molecular flexibility index (Phi) is 4.83. The van der Waals surface area contributed by atoms with Crippen LogP contribution >= 0.6 is 0 Å². The highest BCUT2D eigenvalue weighted by atomic mass is 19.1. The van der Waals surface area contributed by atoms with Crippen LogP contribution in [0.3, 0.4) is 0 Å². The smallest absolute Gasteiger partial charge is 0.325 e. The highest BCUT2D eigenvalue weighted by molar-refractivity contribution is 5.80. The van der Waals surface area contributed by atoms with E-state index in [1.165, 1.54) is 13.2 Å². The number of carbonyl (C=O) groups is 1. The summed E-state index contributed by atoms with van der Waals surface area (Å²) in [4.78, 5) is 12.0. The van der Waals surface area contributed by atoms with E-state index in [4.69, 9.17) is 9.47 Å². The van der Waals surface area contributed by atoms with E-state index in [9.17, 15) is 9.18 Å². The minimum atomic E-state index is -0.819. The number of nitrogens with one attached hydrogen (secondary N) is 1. The van der Waals surface area contributed by atoms with Gasteiger partial charge in [0, 0.05) is 12.5 Å². The van der Waals surface area contributed by atoms with Crippen molar-refractivity contribution < 1.29 is 18.7 Å². The molecule has 2 atom stereocenters. The second-order valence-electron chi connectivity index (χ2n) is 5.81.